The molecule has 19 heavy (non-hydrogen) atoms. The zero-order valence-corrected chi connectivity index (χ0v) is 13.0. The Balaban J connectivity index is 2.54. The Hall–Kier alpha value is -0.160. The minimum absolute atomic E-state index is 0.195. The van der Waals surface area contributed by atoms with Crippen molar-refractivity contribution in [3.05, 3.63) is 0 Å². The molecule has 3 atom stereocenters. The first-order valence-corrected chi connectivity index (χ1v) is 7.60. The second kappa shape index (κ2) is 7.58. The maximum absolute atomic E-state index is 10.1. The Morgan fingerprint density at radius 1 is 1.32 bits per heavy atom. The number of likely N-dealkylation sites (tertiary alicyclic amines) is 1. The standard InChI is InChI=1S/C15H32N2O2/c1-5-14(19)12-8-13(16-11-15(2,3)4)10-17(9-12)6-7-18/h12-14,16,18-19H,5-11H2,1-4H3. The van der Waals surface area contributed by atoms with Gasteiger partial charge in [-0.25, -0.2) is 0 Å². The Bertz CT molecular complexity index is 253. The van der Waals surface area contributed by atoms with Gasteiger partial charge in [0.05, 0.1) is 12.7 Å². The van der Waals surface area contributed by atoms with Crippen LogP contribution >= 0.6 is 0 Å². The van der Waals surface area contributed by atoms with E-state index in [1.807, 2.05) is 6.92 Å². The first-order chi connectivity index (χ1) is 8.85. The van der Waals surface area contributed by atoms with Crippen LogP contribution in [-0.4, -0.2) is 60.0 Å². The van der Waals surface area contributed by atoms with Crippen LogP contribution in [0.4, 0.5) is 0 Å². The molecular weight excluding hydrogens is 240 g/mol. The molecule has 1 aliphatic heterocycles. The summed E-state index contributed by atoms with van der Waals surface area (Å²) in [6.07, 6.45) is 1.62. The van der Waals surface area contributed by atoms with E-state index in [1.54, 1.807) is 0 Å². The third kappa shape index (κ3) is 6.21. The predicted octanol–water partition coefficient (Wildman–Crippen LogP) is 1.08. The number of β-amino-alcohol motifs (C(OH)–C–C–N with tert-alkyl or cyclic N) is 1. The molecule has 3 unspecified atom stereocenters. The van der Waals surface area contributed by atoms with Gasteiger partial charge in [-0.05, 0) is 24.2 Å². The highest BCUT2D eigenvalue weighted by Gasteiger charge is 2.30. The summed E-state index contributed by atoms with van der Waals surface area (Å²) >= 11 is 0. The average Bonchev–Trinajstić information content (AvgIpc) is 2.35. The highest BCUT2D eigenvalue weighted by Crippen LogP contribution is 2.22. The maximum Gasteiger partial charge on any atom is 0.0578 e. The van der Waals surface area contributed by atoms with Crippen LogP contribution in [0.1, 0.15) is 40.5 Å². The van der Waals surface area contributed by atoms with Gasteiger partial charge in [0.2, 0.25) is 0 Å². The lowest BCUT2D eigenvalue weighted by Gasteiger charge is -2.40. The second-order valence-corrected chi connectivity index (χ2v) is 7.09. The summed E-state index contributed by atoms with van der Waals surface area (Å²) in [4.78, 5) is 2.27. The topological polar surface area (TPSA) is 55.7 Å². The van der Waals surface area contributed by atoms with E-state index in [0.29, 0.717) is 18.5 Å². The van der Waals surface area contributed by atoms with Gasteiger partial charge in [-0.15, -0.1) is 0 Å². The van der Waals surface area contributed by atoms with E-state index in [1.165, 1.54) is 0 Å². The summed E-state index contributed by atoms with van der Waals surface area (Å²) in [6, 6.07) is 0.422. The fourth-order valence-corrected chi connectivity index (χ4v) is 2.77. The van der Waals surface area contributed by atoms with Gasteiger partial charge in [0, 0.05) is 32.2 Å². The van der Waals surface area contributed by atoms with E-state index in [0.717, 1.165) is 32.5 Å². The molecule has 3 N–H and O–H groups in total. The molecule has 1 fully saturated rings. The zero-order chi connectivity index (χ0) is 14.5. The van der Waals surface area contributed by atoms with Gasteiger partial charge >= 0.3 is 0 Å². The van der Waals surface area contributed by atoms with Crippen molar-refractivity contribution < 1.29 is 10.2 Å². The molecule has 0 saturated carbocycles. The molecule has 0 aromatic heterocycles. The molecule has 4 nitrogen and oxygen atoms in total. The third-order valence-electron chi connectivity index (χ3n) is 3.86. The zero-order valence-electron chi connectivity index (χ0n) is 13.0. The van der Waals surface area contributed by atoms with E-state index in [-0.39, 0.29) is 18.1 Å². The lowest BCUT2D eigenvalue weighted by molar-refractivity contribution is 0.0287. The van der Waals surface area contributed by atoms with E-state index < -0.39 is 0 Å². The molecule has 0 aromatic carbocycles. The number of nitrogens with zero attached hydrogens (tertiary/aromatic N) is 1. The molecule has 114 valence electrons. The molecule has 0 aliphatic carbocycles. The lowest BCUT2D eigenvalue weighted by atomic mass is 9.87. The number of aliphatic hydroxyl groups is 2. The van der Waals surface area contributed by atoms with Gasteiger partial charge in [-0.1, -0.05) is 27.7 Å². The number of aliphatic hydroxyl groups excluding tert-OH is 2. The van der Waals surface area contributed by atoms with Crippen LogP contribution in [0.3, 0.4) is 0 Å². The minimum atomic E-state index is -0.222. The monoisotopic (exact) mass is 272 g/mol. The van der Waals surface area contributed by atoms with Crippen molar-refractivity contribution in [1.82, 2.24) is 10.2 Å². The Kier molecular flexibility index (Phi) is 6.74. The first kappa shape index (κ1) is 16.9. The average molecular weight is 272 g/mol. The van der Waals surface area contributed by atoms with Crippen LogP contribution in [0.2, 0.25) is 0 Å². The quantitative estimate of drug-likeness (QED) is 0.677. The second-order valence-electron chi connectivity index (χ2n) is 7.09. The van der Waals surface area contributed by atoms with Crippen LogP contribution < -0.4 is 5.32 Å². The molecule has 1 saturated heterocycles. The van der Waals surface area contributed by atoms with Gasteiger partial charge in [0.1, 0.15) is 0 Å². The summed E-state index contributed by atoms with van der Waals surface area (Å²) in [5.74, 6) is 0.322. The van der Waals surface area contributed by atoms with Crippen molar-refractivity contribution in [2.45, 2.75) is 52.7 Å². The highest BCUT2D eigenvalue weighted by atomic mass is 16.3. The number of rotatable bonds is 6. The third-order valence-corrected chi connectivity index (χ3v) is 3.86. The number of hydrogen-bond acceptors (Lipinski definition) is 4. The Morgan fingerprint density at radius 3 is 2.53 bits per heavy atom. The molecule has 0 spiro atoms. The van der Waals surface area contributed by atoms with Crippen LogP contribution in [0.25, 0.3) is 0 Å². The summed E-state index contributed by atoms with van der Waals surface area (Å²) in [6.45, 7) is 12.5. The molecule has 4 heteroatoms. The van der Waals surface area contributed by atoms with Gasteiger partial charge in [-0.3, -0.25) is 4.90 Å². The molecule has 0 bridgehead atoms. The van der Waals surface area contributed by atoms with Crippen LogP contribution in [0.15, 0.2) is 0 Å². The molecule has 0 aromatic rings. The van der Waals surface area contributed by atoms with Gasteiger partial charge in [-0.2, -0.15) is 0 Å². The number of piperidine rings is 1. The molecular formula is C15H32N2O2. The minimum Gasteiger partial charge on any atom is -0.395 e. The number of hydrogen-bond donors (Lipinski definition) is 3. The number of nitrogens with one attached hydrogen (secondary N) is 1. The van der Waals surface area contributed by atoms with Crippen molar-refractivity contribution >= 4 is 0 Å². The van der Waals surface area contributed by atoms with Gasteiger partial charge in [0.15, 0.2) is 0 Å². The Labute approximate surface area is 118 Å². The molecule has 1 aliphatic rings. The van der Waals surface area contributed by atoms with Crippen molar-refractivity contribution in [3.8, 4) is 0 Å². The van der Waals surface area contributed by atoms with Gasteiger partial charge in [0.25, 0.3) is 0 Å². The fourth-order valence-electron chi connectivity index (χ4n) is 2.77. The van der Waals surface area contributed by atoms with E-state index in [2.05, 4.69) is 31.0 Å². The van der Waals surface area contributed by atoms with E-state index in [9.17, 15) is 5.11 Å². The predicted molar refractivity (Wildman–Crippen MR) is 79.2 cm³/mol. The lowest BCUT2D eigenvalue weighted by Crippen LogP contribution is -2.53. The van der Waals surface area contributed by atoms with Gasteiger partial charge < -0.3 is 15.5 Å². The molecule has 1 heterocycles. The van der Waals surface area contributed by atoms with E-state index in [4.69, 9.17) is 5.11 Å². The summed E-state index contributed by atoms with van der Waals surface area (Å²) < 4.78 is 0. The molecule has 0 radical (unpaired) electrons. The summed E-state index contributed by atoms with van der Waals surface area (Å²) in [5.41, 5.74) is 0.276. The van der Waals surface area contributed by atoms with Crippen molar-refractivity contribution in [2.75, 3.05) is 32.8 Å². The first-order valence-electron chi connectivity index (χ1n) is 7.60. The molecule has 1 rings (SSSR count). The van der Waals surface area contributed by atoms with Crippen molar-refractivity contribution in [3.63, 3.8) is 0 Å². The van der Waals surface area contributed by atoms with Crippen LogP contribution in [-0.2, 0) is 0 Å². The highest BCUT2D eigenvalue weighted by molar-refractivity contribution is 4.87. The summed E-state index contributed by atoms with van der Waals surface area (Å²) in [5, 5.41) is 22.8. The maximum atomic E-state index is 10.1. The summed E-state index contributed by atoms with van der Waals surface area (Å²) in [7, 11) is 0. The Morgan fingerprint density at radius 2 is 2.00 bits per heavy atom. The van der Waals surface area contributed by atoms with Crippen molar-refractivity contribution in [1.29, 1.82) is 0 Å². The SMILES string of the molecule is CCC(O)C1CC(NCC(C)(C)C)CN(CCO)C1. The van der Waals surface area contributed by atoms with Crippen molar-refractivity contribution in [2.24, 2.45) is 11.3 Å². The largest absolute Gasteiger partial charge is 0.395 e. The smallest absolute Gasteiger partial charge is 0.0578 e. The normalized spacial score (nSPS) is 27.5. The van der Waals surface area contributed by atoms with Crippen LogP contribution in [0, 0.1) is 11.3 Å². The van der Waals surface area contributed by atoms with Crippen LogP contribution in [0.5, 0.6) is 0 Å². The fraction of sp³-hybridized carbons (Fsp3) is 1.00. The molecule has 0 amide bonds. The van der Waals surface area contributed by atoms with E-state index >= 15 is 0 Å².